The minimum atomic E-state index is -0.344. The van der Waals surface area contributed by atoms with Gasteiger partial charge in [0, 0.05) is 27.6 Å². The van der Waals surface area contributed by atoms with Crippen molar-refractivity contribution in [3.8, 4) is 17.1 Å². The normalized spacial score (nSPS) is 14.2. The number of carbonyl (C=O) groups excluding carboxylic acids is 1. The van der Waals surface area contributed by atoms with Crippen LogP contribution in [0.1, 0.15) is 38.9 Å². The lowest BCUT2D eigenvalue weighted by atomic mass is 9.86. The third-order valence-corrected chi connectivity index (χ3v) is 6.81. The van der Waals surface area contributed by atoms with Crippen LogP contribution in [0.5, 0.6) is 5.75 Å². The molecule has 3 nitrogen and oxygen atoms in total. The number of carbonyl (C=O) groups is 1. The molecular formula is C33H26O3. The average Bonchev–Trinajstić information content (AvgIpc) is 3.38. The Morgan fingerprint density at radius 1 is 0.667 bits per heavy atom. The van der Waals surface area contributed by atoms with E-state index in [1.165, 1.54) is 5.56 Å². The molecule has 1 aromatic heterocycles. The predicted molar refractivity (Wildman–Crippen MR) is 145 cm³/mol. The number of fused-ring (bicyclic) bond motifs is 2. The maximum Gasteiger partial charge on any atom is 0.344 e. The van der Waals surface area contributed by atoms with E-state index in [0.29, 0.717) is 11.3 Å². The van der Waals surface area contributed by atoms with Crippen molar-refractivity contribution in [2.75, 3.05) is 0 Å². The summed E-state index contributed by atoms with van der Waals surface area (Å²) in [5, 5.41) is 0.975. The fourth-order valence-corrected chi connectivity index (χ4v) is 4.93. The van der Waals surface area contributed by atoms with E-state index in [-0.39, 0.29) is 5.97 Å². The third-order valence-electron chi connectivity index (χ3n) is 6.81. The molecule has 0 unspecified atom stereocenters. The predicted octanol–water partition coefficient (Wildman–Crippen LogP) is 8.21. The van der Waals surface area contributed by atoms with E-state index in [1.54, 1.807) is 0 Å². The van der Waals surface area contributed by atoms with Crippen LogP contribution in [0.2, 0.25) is 0 Å². The lowest BCUT2D eigenvalue weighted by Gasteiger charge is -2.14. The number of ether oxygens (including phenoxy) is 1. The first-order chi connectivity index (χ1) is 17.4. The van der Waals surface area contributed by atoms with Gasteiger partial charge in [-0.15, -0.1) is 0 Å². The maximum absolute atomic E-state index is 13.5. The summed E-state index contributed by atoms with van der Waals surface area (Å²) in [6.07, 6.45) is 0. The van der Waals surface area contributed by atoms with Gasteiger partial charge in [0.15, 0.2) is 0 Å². The van der Waals surface area contributed by atoms with Gasteiger partial charge >= 0.3 is 5.97 Å². The zero-order valence-corrected chi connectivity index (χ0v) is 20.8. The highest BCUT2D eigenvalue weighted by molar-refractivity contribution is 6.32. The molecule has 0 radical (unpaired) electrons. The second-order valence-corrected chi connectivity index (χ2v) is 9.68. The maximum atomic E-state index is 13.5. The number of rotatable bonds is 3. The Morgan fingerprint density at radius 3 is 2.00 bits per heavy atom. The van der Waals surface area contributed by atoms with Crippen LogP contribution in [-0.4, -0.2) is 5.97 Å². The molecule has 6 rings (SSSR count). The Hall–Kier alpha value is -4.37. The summed E-state index contributed by atoms with van der Waals surface area (Å²) in [5.74, 6) is 0.988. The summed E-state index contributed by atoms with van der Waals surface area (Å²) < 4.78 is 12.3. The van der Waals surface area contributed by atoms with Crippen LogP contribution in [0.25, 0.3) is 33.4 Å². The van der Waals surface area contributed by atoms with Crippen molar-refractivity contribution in [3.63, 3.8) is 0 Å². The van der Waals surface area contributed by atoms with Crippen molar-refractivity contribution in [2.45, 2.75) is 27.7 Å². The molecule has 0 bridgehead atoms. The van der Waals surface area contributed by atoms with E-state index in [4.69, 9.17) is 9.15 Å². The van der Waals surface area contributed by atoms with Crippen molar-refractivity contribution in [3.05, 3.63) is 124 Å². The second-order valence-electron chi connectivity index (χ2n) is 9.68. The van der Waals surface area contributed by atoms with Crippen LogP contribution in [0.15, 0.2) is 89.3 Å². The molecule has 0 fully saturated rings. The molecule has 4 aromatic carbocycles. The average molecular weight is 471 g/mol. The number of hydrogen-bond donors (Lipinski definition) is 0. The molecule has 1 aliphatic heterocycles. The molecule has 5 aromatic rings. The highest BCUT2D eigenvalue weighted by atomic mass is 16.5. The van der Waals surface area contributed by atoms with Crippen molar-refractivity contribution >= 4 is 28.1 Å². The highest BCUT2D eigenvalue weighted by Crippen LogP contribution is 2.47. The fraction of sp³-hybridized carbons (Fsp3) is 0.121. The number of aryl methyl sites for hydroxylation is 4. The van der Waals surface area contributed by atoms with Gasteiger partial charge in [0.2, 0.25) is 0 Å². The van der Waals surface area contributed by atoms with E-state index in [0.717, 1.165) is 61.2 Å². The molecule has 0 atom stereocenters. The van der Waals surface area contributed by atoms with Gasteiger partial charge in [0.1, 0.15) is 17.1 Å². The molecule has 3 heteroatoms. The van der Waals surface area contributed by atoms with Gasteiger partial charge in [-0.3, -0.25) is 0 Å². The third kappa shape index (κ3) is 3.64. The van der Waals surface area contributed by atoms with Gasteiger partial charge < -0.3 is 9.15 Å². The molecule has 0 spiro atoms. The van der Waals surface area contributed by atoms with Gasteiger partial charge in [0.25, 0.3) is 0 Å². The first-order valence-electron chi connectivity index (χ1n) is 12.1. The molecule has 0 saturated carbocycles. The summed E-state index contributed by atoms with van der Waals surface area (Å²) in [7, 11) is 0. The van der Waals surface area contributed by atoms with Crippen LogP contribution in [-0.2, 0) is 4.79 Å². The summed E-state index contributed by atoms with van der Waals surface area (Å²) in [6.45, 7) is 8.23. The van der Waals surface area contributed by atoms with E-state index in [1.807, 2.05) is 31.2 Å². The molecule has 2 heterocycles. The number of esters is 1. The van der Waals surface area contributed by atoms with Crippen LogP contribution in [0, 0.1) is 27.7 Å². The van der Waals surface area contributed by atoms with Gasteiger partial charge in [0.05, 0.1) is 5.57 Å². The number of furan rings is 1. The molecule has 0 aliphatic carbocycles. The van der Waals surface area contributed by atoms with Gasteiger partial charge in [-0.1, -0.05) is 82.9 Å². The van der Waals surface area contributed by atoms with E-state index in [9.17, 15) is 4.79 Å². The van der Waals surface area contributed by atoms with Gasteiger partial charge in [-0.05, 0) is 57.5 Å². The molecule has 0 amide bonds. The van der Waals surface area contributed by atoms with E-state index in [2.05, 4.69) is 81.4 Å². The van der Waals surface area contributed by atoms with Crippen LogP contribution in [0.4, 0.5) is 0 Å². The SMILES string of the molecule is Cc1ccc(/C(=C2/C(=O)Oc3ccc(C)cc32)c2c(-c3ccc(C)cc3)oc3ccc(C)cc23)cc1. The molecule has 0 saturated heterocycles. The summed E-state index contributed by atoms with van der Waals surface area (Å²) in [6, 6.07) is 28.7. The monoisotopic (exact) mass is 470 g/mol. The van der Waals surface area contributed by atoms with E-state index < -0.39 is 0 Å². The van der Waals surface area contributed by atoms with Crippen molar-refractivity contribution in [1.29, 1.82) is 0 Å². The first kappa shape index (κ1) is 22.1. The zero-order chi connectivity index (χ0) is 25.0. The van der Waals surface area contributed by atoms with Crippen LogP contribution < -0.4 is 4.74 Å². The fourth-order valence-electron chi connectivity index (χ4n) is 4.93. The zero-order valence-electron chi connectivity index (χ0n) is 20.8. The van der Waals surface area contributed by atoms with Crippen molar-refractivity contribution in [1.82, 2.24) is 0 Å². The number of hydrogen-bond acceptors (Lipinski definition) is 3. The lowest BCUT2D eigenvalue weighted by Crippen LogP contribution is -2.05. The Morgan fingerprint density at radius 2 is 1.28 bits per heavy atom. The van der Waals surface area contributed by atoms with Crippen molar-refractivity contribution < 1.29 is 13.9 Å². The standard InChI is InChI=1S/C33H26O3/c1-19-5-11-23(12-6-19)29(31-26-18-22(4)10-16-28(26)36-33(31)34)30-25-17-21(3)9-15-27(25)35-32(30)24-13-7-20(2)8-14-24/h5-18H,1-4H3/b31-29-. The largest absolute Gasteiger partial charge is 0.455 e. The van der Waals surface area contributed by atoms with Gasteiger partial charge in [-0.2, -0.15) is 0 Å². The Labute approximate surface area is 210 Å². The summed E-state index contributed by atoms with van der Waals surface area (Å²) in [4.78, 5) is 13.5. The quantitative estimate of drug-likeness (QED) is 0.151. The summed E-state index contributed by atoms with van der Waals surface area (Å²) >= 11 is 0. The second kappa shape index (κ2) is 8.39. The first-order valence-corrected chi connectivity index (χ1v) is 12.1. The minimum absolute atomic E-state index is 0.344. The molecule has 1 aliphatic rings. The topological polar surface area (TPSA) is 39.4 Å². The minimum Gasteiger partial charge on any atom is -0.455 e. The van der Waals surface area contributed by atoms with Gasteiger partial charge in [-0.25, -0.2) is 4.79 Å². The molecule has 36 heavy (non-hydrogen) atoms. The Balaban J connectivity index is 1.78. The van der Waals surface area contributed by atoms with Crippen molar-refractivity contribution in [2.24, 2.45) is 0 Å². The Bertz CT molecular complexity index is 1680. The Kier molecular flexibility index (Phi) is 5.15. The molecule has 176 valence electrons. The lowest BCUT2D eigenvalue weighted by molar-refractivity contribution is -0.126. The smallest absolute Gasteiger partial charge is 0.344 e. The highest BCUT2D eigenvalue weighted by Gasteiger charge is 2.34. The van der Waals surface area contributed by atoms with E-state index >= 15 is 0 Å². The van der Waals surface area contributed by atoms with Crippen LogP contribution in [0.3, 0.4) is 0 Å². The van der Waals surface area contributed by atoms with Crippen LogP contribution >= 0.6 is 0 Å². The molecular weight excluding hydrogens is 444 g/mol. The number of benzene rings is 4. The summed E-state index contributed by atoms with van der Waals surface area (Å²) in [5.41, 5.74) is 10.3. The molecule has 0 N–H and O–H groups in total.